The van der Waals surface area contributed by atoms with Crippen LogP contribution in [0.1, 0.15) is 17.8 Å². The van der Waals surface area contributed by atoms with E-state index >= 15 is 0 Å². The number of pyridine rings is 1. The number of hydrogen-bond donors (Lipinski definition) is 2. The van der Waals surface area contributed by atoms with Gasteiger partial charge >= 0.3 is 0 Å². The van der Waals surface area contributed by atoms with Crippen LogP contribution in [0.4, 0.5) is 0 Å². The minimum absolute atomic E-state index is 0.0298. The molecule has 7 nitrogen and oxygen atoms in total. The van der Waals surface area contributed by atoms with Crippen molar-refractivity contribution >= 4 is 17.1 Å². The van der Waals surface area contributed by atoms with Gasteiger partial charge in [-0.3, -0.25) is 4.79 Å². The summed E-state index contributed by atoms with van der Waals surface area (Å²) < 4.78 is 7.10. The van der Waals surface area contributed by atoms with Gasteiger partial charge in [-0.1, -0.05) is 0 Å². The molecule has 0 aliphatic rings. The van der Waals surface area contributed by atoms with Crippen LogP contribution in [0.15, 0.2) is 12.3 Å². The van der Waals surface area contributed by atoms with Crippen LogP contribution in [0.2, 0.25) is 0 Å². The monoisotopic (exact) mass is 291 g/mol. The Bertz CT molecular complexity index is 623. The van der Waals surface area contributed by atoms with Gasteiger partial charge in [0.1, 0.15) is 17.9 Å². The summed E-state index contributed by atoms with van der Waals surface area (Å²) in [5, 5.41) is 2.75. The van der Waals surface area contributed by atoms with Gasteiger partial charge < -0.3 is 20.4 Å². The lowest BCUT2D eigenvalue weighted by Crippen LogP contribution is -2.29. The lowest BCUT2D eigenvalue weighted by Gasteiger charge is -2.08. The minimum atomic E-state index is -0.0298. The molecule has 0 bridgehead atoms. The highest BCUT2D eigenvalue weighted by Gasteiger charge is 2.13. The molecule has 0 atom stereocenters. The summed E-state index contributed by atoms with van der Waals surface area (Å²) in [6.07, 6.45) is 2.16. The van der Waals surface area contributed by atoms with Gasteiger partial charge in [-0.25, -0.2) is 9.97 Å². The number of methoxy groups -OCH3 is 1. The maximum atomic E-state index is 11.7. The molecule has 0 saturated carbocycles. The SMILES string of the molecule is COCc1nc2cc(C)cnc2n1CCC(=O)NCCN. The van der Waals surface area contributed by atoms with Gasteiger partial charge in [0.2, 0.25) is 5.91 Å². The molecule has 1 amide bonds. The fourth-order valence-corrected chi connectivity index (χ4v) is 2.15. The normalized spacial score (nSPS) is 11.0. The fourth-order valence-electron chi connectivity index (χ4n) is 2.15. The summed E-state index contributed by atoms with van der Waals surface area (Å²) in [5.74, 6) is 0.745. The van der Waals surface area contributed by atoms with E-state index in [0.29, 0.717) is 32.7 Å². The van der Waals surface area contributed by atoms with Gasteiger partial charge in [-0.15, -0.1) is 0 Å². The van der Waals surface area contributed by atoms with Crippen molar-refractivity contribution in [2.45, 2.75) is 26.5 Å². The molecule has 2 heterocycles. The highest BCUT2D eigenvalue weighted by Crippen LogP contribution is 2.16. The number of ether oxygens (including phenoxy) is 1. The number of aryl methyl sites for hydroxylation is 2. The standard InChI is InChI=1S/C14H21N5O2/c1-10-7-11-14(17-8-10)19(12(18-11)9-21-2)6-3-13(20)16-5-4-15/h7-8H,3-6,9,15H2,1-2H3,(H,16,20). The number of fused-ring (bicyclic) bond motifs is 1. The highest BCUT2D eigenvalue weighted by atomic mass is 16.5. The van der Waals surface area contributed by atoms with E-state index in [1.54, 1.807) is 13.3 Å². The largest absolute Gasteiger partial charge is 0.377 e. The summed E-state index contributed by atoms with van der Waals surface area (Å²) >= 11 is 0. The van der Waals surface area contributed by atoms with Crippen molar-refractivity contribution in [1.29, 1.82) is 0 Å². The number of nitrogens with one attached hydrogen (secondary N) is 1. The Balaban J connectivity index is 2.20. The molecule has 7 heteroatoms. The van der Waals surface area contributed by atoms with Crippen LogP contribution in [-0.4, -0.2) is 40.6 Å². The molecule has 21 heavy (non-hydrogen) atoms. The van der Waals surface area contributed by atoms with Crippen molar-refractivity contribution in [2.75, 3.05) is 20.2 Å². The number of nitrogens with zero attached hydrogens (tertiary/aromatic N) is 3. The molecule has 2 aromatic rings. The van der Waals surface area contributed by atoms with Crippen LogP contribution in [0.25, 0.3) is 11.2 Å². The van der Waals surface area contributed by atoms with Gasteiger partial charge in [0.15, 0.2) is 5.65 Å². The predicted molar refractivity (Wildman–Crippen MR) is 79.7 cm³/mol. The van der Waals surface area contributed by atoms with Crippen LogP contribution >= 0.6 is 0 Å². The lowest BCUT2D eigenvalue weighted by molar-refractivity contribution is -0.121. The number of imidazole rings is 1. The molecule has 0 saturated heterocycles. The van der Waals surface area contributed by atoms with E-state index in [9.17, 15) is 4.79 Å². The van der Waals surface area contributed by atoms with Gasteiger partial charge in [-0.05, 0) is 18.6 Å². The average Bonchev–Trinajstić information content (AvgIpc) is 2.79. The Morgan fingerprint density at radius 1 is 1.52 bits per heavy atom. The van der Waals surface area contributed by atoms with Crippen molar-refractivity contribution in [3.8, 4) is 0 Å². The maximum Gasteiger partial charge on any atom is 0.221 e. The second-order valence-corrected chi connectivity index (χ2v) is 4.86. The average molecular weight is 291 g/mol. The van der Waals surface area contributed by atoms with Gasteiger partial charge in [-0.2, -0.15) is 0 Å². The zero-order chi connectivity index (χ0) is 15.2. The molecule has 0 aliphatic carbocycles. The fraction of sp³-hybridized carbons (Fsp3) is 0.500. The van der Waals surface area contributed by atoms with E-state index in [-0.39, 0.29) is 5.91 Å². The van der Waals surface area contributed by atoms with E-state index in [1.807, 2.05) is 17.6 Å². The number of rotatable bonds is 7. The molecule has 0 fully saturated rings. The molecule has 114 valence electrons. The van der Waals surface area contributed by atoms with Crippen molar-refractivity contribution < 1.29 is 9.53 Å². The number of amides is 1. The quantitative estimate of drug-likeness (QED) is 0.767. The Morgan fingerprint density at radius 2 is 2.33 bits per heavy atom. The second-order valence-electron chi connectivity index (χ2n) is 4.86. The Kier molecular flexibility index (Phi) is 5.24. The zero-order valence-electron chi connectivity index (χ0n) is 12.4. The first kappa shape index (κ1) is 15.4. The van der Waals surface area contributed by atoms with E-state index in [2.05, 4.69) is 15.3 Å². The van der Waals surface area contributed by atoms with Gasteiger partial charge in [0.25, 0.3) is 0 Å². The number of carbonyl (C=O) groups excluding carboxylic acids is 1. The highest BCUT2D eigenvalue weighted by molar-refractivity contribution is 5.76. The molecule has 3 N–H and O–H groups in total. The smallest absolute Gasteiger partial charge is 0.221 e. The summed E-state index contributed by atoms with van der Waals surface area (Å²) in [5.41, 5.74) is 8.02. The predicted octanol–water partition coefficient (Wildman–Crippen LogP) is 0.351. The van der Waals surface area contributed by atoms with Crippen LogP contribution in [0, 0.1) is 6.92 Å². The minimum Gasteiger partial charge on any atom is -0.377 e. The molecule has 0 unspecified atom stereocenters. The first-order valence-corrected chi connectivity index (χ1v) is 6.93. The summed E-state index contributed by atoms with van der Waals surface area (Å²) in [6, 6.07) is 1.98. The molecular formula is C14H21N5O2. The number of hydrogen-bond acceptors (Lipinski definition) is 5. The van der Waals surface area contributed by atoms with Gasteiger partial charge in [0, 0.05) is 39.4 Å². The Morgan fingerprint density at radius 3 is 3.05 bits per heavy atom. The number of nitrogens with two attached hydrogens (primary N) is 1. The molecule has 2 rings (SSSR count). The third kappa shape index (κ3) is 3.77. The molecule has 0 aliphatic heterocycles. The third-order valence-electron chi connectivity index (χ3n) is 3.10. The topological polar surface area (TPSA) is 95.1 Å². The van der Waals surface area contributed by atoms with Crippen molar-refractivity contribution in [3.05, 3.63) is 23.7 Å². The summed E-state index contributed by atoms with van der Waals surface area (Å²) in [6.45, 7) is 3.81. The van der Waals surface area contributed by atoms with Crippen LogP contribution in [0.3, 0.4) is 0 Å². The van der Waals surface area contributed by atoms with Crippen LogP contribution in [0.5, 0.6) is 0 Å². The molecule has 0 radical (unpaired) electrons. The first-order chi connectivity index (χ1) is 10.2. The molecular weight excluding hydrogens is 270 g/mol. The van der Waals surface area contributed by atoms with Crippen LogP contribution < -0.4 is 11.1 Å². The second kappa shape index (κ2) is 7.14. The molecule has 2 aromatic heterocycles. The number of aromatic nitrogens is 3. The van der Waals surface area contributed by atoms with E-state index in [1.165, 1.54) is 0 Å². The van der Waals surface area contributed by atoms with E-state index < -0.39 is 0 Å². The first-order valence-electron chi connectivity index (χ1n) is 6.93. The Labute approximate surface area is 123 Å². The van der Waals surface area contributed by atoms with Crippen LogP contribution in [-0.2, 0) is 22.7 Å². The summed E-state index contributed by atoms with van der Waals surface area (Å²) in [4.78, 5) is 20.6. The third-order valence-corrected chi connectivity index (χ3v) is 3.10. The number of carbonyl (C=O) groups is 1. The van der Waals surface area contributed by atoms with Crippen molar-refractivity contribution in [2.24, 2.45) is 5.73 Å². The molecule has 0 spiro atoms. The van der Waals surface area contributed by atoms with Gasteiger partial charge in [0.05, 0.1) is 0 Å². The van der Waals surface area contributed by atoms with Crippen molar-refractivity contribution in [3.63, 3.8) is 0 Å². The van der Waals surface area contributed by atoms with E-state index in [0.717, 1.165) is 22.6 Å². The lowest BCUT2D eigenvalue weighted by atomic mass is 10.3. The Hall–Kier alpha value is -1.99. The molecule has 0 aromatic carbocycles. The maximum absolute atomic E-state index is 11.7. The summed E-state index contributed by atoms with van der Waals surface area (Å²) in [7, 11) is 1.62. The van der Waals surface area contributed by atoms with E-state index in [4.69, 9.17) is 10.5 Å². The van der Waals surface area contributed by atoms with Crippen molar-refractivity contribution in [1.82, 2.24) is 19.9 Å². The zero-order valence-corrected chi connectivity index (χ0v) is 12.4.